The lowest BCUT2D eigenvalue weighted by Crippen LogP contribution is -1.99. The molecule has 0 bridgehead atoms. The van der Waals surface area contributed by atoms with Gasteiger partial charge in [0.1, 0.15) is 0 Å². The summed E-state index contributed by atoms with van der Waals surface area (Å²) >= 11 is 1.83. The summed E-state index contributed by atoms with van der Waals surface area (Å²) in [6.45, 7) is 2.96. The minimum absolute atomic E-state index is 0.803. The second-order valence-electron chi connectivity index (χ2n) is 2.42. The van der Waals surface area contributed by atoms with E-state index in [-0.39, 0.29) is 0 Å². The summed E-state index contributed by atoms with van der Waals surface area (Å²) in [6.07, 6.45) is 2.27. The van der Waals surface area contributed by atoms with E-state index in [0.29, 0.717) is 0 Å². The summed E-state index contributed by atoms with van der Waals surface area (Å²) in [4.78, 5) is 1.49. The Morgan fingerprint density at radius 1 is 1.60 bits per heavy atom. The van der Waals surface area contributed by atoms with Gasteiger partial charge in [0.05, 0.1) is 0 Å². The van der Waals surface area contributed by atoms with Gasteiger partial charge in [0.15, 0.2) is 0 Å². The van der Waals surface area contributed by atoms with Crippen LogP contribution in [-0.2, 0) is 6.42 Å². The number of aryl methyl sites for hydroxylation is 2. The average Bonchev–Trinajstić information content (AvgIpc) is 2.31. The van der Waals surface area contributed by atoms with Crippen molar-refractivity contribution in [3.05, 3.63) is 21.9 Å². The van der Waals surface area contributed by atoms with E-state index in [2.05, 4.69) is 18.4 Å². The van der Waals surface area contributed by atoms with Crippen LogP contribution in [0.15, 0.2) is 11.4 Å². The fourth-order valence-corrected chi connectivity index (χ4v) is 1.88. The largest absolute Gasteiger partial charge is 0.330 e. The highest BCUT2D eigenvalue weighted by Gasteiger charge is 1.96. The van der Waals surface area contributed by atoms with Crippen molar-refractivity contribution in [3.8, 4) is 0 Å². The van der Waals surface area contributed by atoms with E-state index < -0.39 is 0 Å². The molecule has 0 aliphatic rings. The van der Waals surface area contributed by atoms with Gasteiger partial charge >= 0.3 is 0 Å². The van der Waals surface area contributed by atoms with Crippen LogP contribution < -0.4 is 5.73 Å². The Bertz CT molecular complexity index is 193. The predicted molar refractivity (Wildman–Crippen MR) is 46.4 cm³/mol. The quantitative estimate of drug-likeness (QED) is 0.709. The molecule has 2 heteroatoms. The highest BCUT2D eigenvalue weighted by atomic mass is 32.1. The SMILES string of the molecule is Cc1ccsc1CCCN. The topological polar surface area (TPSA) is 26.0 Å². The standard InChI is InChI=1S/C8H13NS/c1-7-4-6-10-8(7)3-2-5-9/h4,6H,2-3,5,9H2,1H3. The molecule has 0 aliphatic heterocycles. The fourth-order valence-electron chi connectivity index (χ4n) is 0.923. The van der Waals surface area contributed by atoms with Gasteiger partial charge in [0.25, 0.3) is 0 Å². The van der Waals surface area contributed by atoms with Crippen molar-refractivity contribution >= 4 is 11.3 Å². The molecule has 0 saturated heterocycles. The Morgan fingerprint density at radius 2 is 2.40 bits per heavy atom. The van der Waals surface area contributed by atoms with E-state index in [0.717, 1.165) is 19.4 Å². The zero-order valence-electron chi connectivity index (χ0n) is 6.26. The predicted octanol–water partition coefficient (Wildman–Crippen LogP) is 1.95. The average molecular weight is 155 g/mol. The van der Waals surface area contributed by atoms with Crippen molar-refractivity contribution in [1.82, 2.24) is 0 Å². The van der Waals surface area contributed by atoms with E-state index >= 15 is 0 Å². The summed E-state index contributed by atoms with van der Waals surface area (Å²) < 4.78 is 0. The molecule has 1 rings (SSSR count). The number of nitrogens with two attached hydrogens (primary N) is 1. The van der Waals surface area contributed by atoms with Gasteiger partial charge in [0, 0.05) is 4.88 Å². The van der Waals surface area contributed by atoms with Crippen molar-refractivity contribution in [1.29, 1.82) is 0 Å². The molecular formula is C8H13NS. The zero-order chi connectivity index (χ0) is 7.40. The molecular weight excluding hydrogens is 142 g/mol. The van der Waals surface area contributed by atoms with Crippen LogP contribution in [0.4, 0.5) is 0 Å². The van der Waals surface area contributed by atoms with Crippen LogP contribution in [0.25, 0.3) is 0 Å². The summed E-state index contributed by atoms with van der Waals surface area (Å²) in [6, 6.07) is 2.16. The van der Waals surface area contributed by atoms with Crippen LogP contribution in [0.1, 0.15) is 16.9 Å². The van der Waals surface area contributed by atoms with Gasteiger partial charge < -0.3 is 5.73 Å². The summed E-state index contributed by atoms with van der Waals surface area (Å²) in [5.41, 5.74) is 6.82. The van der Waals surface area contributed by atoms with E-state index in [1.165, 1.54) is 10.4 Å². The third-order valence-corrected chi connectivity index (χ3v) is 2.66. The molecule has 0 radical (unpaired) electrons. The first-order valence-electron chi connectivity index (χ1n) is 3.57. The molecule has 1 aromatic heterocycles. The molecule has 1 aromatic rings. The molecule has 0 amide bonds. The normalized spacial score (nSPS) is 10.2. The van der Waals surface area contributed by atoms with Gasteiger partial charge in [0.2, 0.25) is 0 Å². The van der Waals surface area contributed by atoms with Crippen LogP contribution in [-0.4, -0.2) is 6.54 Å². The molecule has 0 saturated carbocycles. The maximum Gasteiger partial charge on any atom is 0.00748 e. The van der Waals surface area contributed by atoms with Gasteiger partial charge in [-0.1, -0.05) is 0 Å². The minimum atomic E-state index is 0.803. The second-order valence-corrected chi connectivity index (χ2v) is 3.42. The Balaban J connectivity index is 2.49. The monoisotopic (exact) mass is 155 g/mol. The maximum atomic E-state index is 5.40. The third kappa shape index (κ3) is 1.82. The van der Waals surface area contributed by atoms with Crippen molar-refractivity contribution < 1.29 is 0 Å². The first-order valence-corrected chi connectivity index (χ1v) is 4.45. The number of hydrogen-bond donors (Lipinski definition) is 1. The molecule has 0 aliphatic carbocycles. The summed E-state index contributed by atoms with van der Waals surface area (Å²) in [7, 11) is 0. The van der Waals surface area contributed by atoms with Crippen LogP contribution >= 0.6 is 11.3 Å². The minimum Gasteiger partial charge on any atom is -0.330 e. The molecule has 0 spiro atoms. The van der Waals surface area contributed by atoms with Crippen molar-refractivity contribution in [2.75, 3.05) is 6.54 Å². The molecule has 1 heterocycles. The molecule has 0 atom stereocenters. The zero-order valence-corrected chi connectivity index (χ0v) is 7.08. The Kier molecular flexibility index (Phi) is 2.90. The fraction of sp³-hybridized carbons (Fsp3) is 0.500. The van der Waals surface area contributed by atoms with Gasteiger partial charge in [-0.05, 0) is 43.3 Å². The number of rotatable bonds is 3. The molecule has 0 unspecified atom stereocenters. The first-order chi connectivity index (χ1) is 4.84. The van der Waals surface area contributed by atoms with Gasteiger partial charge in [-0.25, -0.2) is 0 Å². The van der Waals surface area contributed by atoms with Crippen LogP contribution in [0.2, 0.25) is 0 Å². The maximum absolute atomic E-state index is 5.40. The highest BCUT2D eigenvalue weighted by Crippen LogP contribution is 2.16. The van der Waals surface area contributed by atoms with Crippen LogP contribution in [0.3, 0.4) is 0 Å². The second kappa shape index (κ2) is 3.74. The molecule has 0 fully saturated rings. The molecule has 10 heavy (non-hydrogen) atoms. The van der Waals surface area contributed by atoms with Crippen LogP contribution in [0, 0.1) is 6.92 Å². The van der Waals surface area contributed by atoms with E-state index in [1.54, 1.807) is 0 Å². The van der Waals surface area contributed by atoms with Gasteiger partial charge in [-0.2, -0.15) is 0 Å². The van der Waals surface area contributed by atoms with Gasteiger partial charge in [-0.3, -0.25) is 0 Å². The number of thiophene rings is 1. The van der Waals surface area contributed by atoms with Crippen molar-refractivity contribution in [2.45, 2.75) is 19.8 Å². The molecule has 1 nitrogen and oxygen atoms in total. The van der Waals surface area contributed by atoms with E-state index in [4.69, 9.17) is 5.73 Å². The first kappa shape index (κ1) is 7.76. The van der Waals surface area contributed by atoms with E-state index in [9.17, 15) is 0 Å². The van der Waals surface area contributed by atoms with Crippen molar-refractivity contribution in [2.24, 2.45) is 5.73 Å². The summed E-state index contributed by atoms with van der Waals surface area (Å²) in [5.74, 6) is 0. The molecule has 0 aromatic carbocycles. The Morgan fingerprint density at radius 3 is 2.90 bits per heavy atom. The number of hydrogen-bond acceptors (Lipinski definition) is 2. The smallest absolute Gasteiger partial charge is 0.00748 e. The highest BCUT2D eigenvalue weighted by molar-refractivity contribution is 7.10. The third-order valence-electron chi connectivity index (χ3n) is 1.58. The van der Waals surface area contributed by atoms with Crippen molar-refractivity contribution in [3.63, 3.8) is 0 Å². The Labute approximate surface area is 65.9 Å². The summed E-state index contributed by atoms with van der Waals surface area (Å²) in [5, 5.41) is 2.14. The lowest BCUT2D eigenvalue weighted by molar-refractivity contribution is 0.839. The molecule has 2 N–H and O–H groups in total. The van der Waals surface area contributed by atoms with Gasteiger partial charge in [-0.15, -0.1) is 11.3 Å². The van der Waals surface area contributed by atoms with Crippen LogP contribution in [0.5, 0.6) is 0 Å². The Hall–Kier alpha value is -0.340. The molecule has 56 valence electrons. The lowest BCUT2D eigenvalue weighted by atomic mass is 10.2. The van der Waals surface area contributed by atoms with E-state index in [1.807, 2.05) is 11.3 Å². The lowest BCUT2D eigenvalue weighted by Gasteiger charge is -1.95.